The van der Waals surface area contributed by atoms with Crippen LogP contribution >= 0.6 is 15.9 Å². The van der Waals surface area contributed by atoms with E-state index in [2.05, 4.69) is 15.9 Å². The highest BCUT2D eigenvalue weighted by Gasteiger charge is 2.15. The lowest BCUT2D eigenvalue weighted by molar-refractivity contribution is 0.253. The predicted molar refractivity (Wildman–Crippen MR) is 66.6 cm³/mol. The number of hydrogen-bond donors (Lipinski definition) is 4. The summed E-state index contributed by atoms with van der Waals surface area (Å²) < 4.78 is 0.514. The molecule has 0 fully saturated rings. The third-order valence-electron chi connectivity index (χ3n) is 1.94. The number of amides is 4. The number of hydrogen-bond acceptors (Lipinski definition) is 4. The summed E-state index contributed by atoms with van der Waals surface area (Å²) in [5, 5.41) is 1.42. The van der Waals surface area contributed by atoms with E-state index in [1.54, 1.807) is 6.07 Å². The summed E-state index contributed by atoms with van der Waals surface area (Å²) >= 11 is 3.18. The van der Waals surface area contributed by atoms with Crippen LogP contribution in [-0.4, -0.2) is 12.1 Å². The molecule has 4 amide bonds. The Morgan fingerprint density at radius 1 is 1.06 bits per heavy atom. The average Bonchev–Trinajstić information content (AvgIpc) is 2.27. The molecule has 0 saturated heterocycles. The molecule has 0 aromatic heterocycles. The summed E-state index contributed by atoms with van der Waals surface area (Å²) in [6.45, 7) is 0. The minimum Gasteiger partial charge on any atom is -0.350 e. The minimum absolute atomic E-state index is 0.256. The monoisotopic (exact) mass is 302 g/mol. The molecule has 92 valence electrons. The van der Waals surface area contributed by atoms with Gasteiger partial charge in [0.25, 0.3) is 0 Å². The molecule has 0 spiro atoms. The van der Waals surface area contributed by atoms with E-state index in [0.29, 0.717) is 14.5 Å². The SMILES string of the molecule is NC(=O)N(N)c1ccc(Br)c(N(N)C(N)=O)c1. The Hall–Kier alpha value is -1.84. The first-order valence-electron chi connectivity index (χ1n) is 4.32. The molecule has 0 saturated carbocycles. The van der Waals surface area contributed by atoms with Crippen LogP contribution in [0.1, 0.15) is 0 Å². The molecule has 1 aromatic carbocycles. The maximum atomic E-state index is 10.9. The van der Waals surface area contributed by atoms with Crippen molar-refractivity contribution >= 4 is 39.4 Å². The van der Waals surface area contributed by atoms with Crippen LogP contribution in [0.3, 0.4) is 0 Å². The van der Waals surface area contributed by atoms with Crippen LogP contribution in [0.25, 0.3) is 0 Å². The number of nitrogens with two attached hydrogens (primary N) is 4. The fraction of sp³-hybridized carbons (Fsp3) is 0. The van der Waals surface area contributed by atoms with E-state index < -0.39 is 12.1 Å². The second-order valence-electron chi connectivity index (χ2n) is 3.05. The zero-order valence-electron chi connectivity index (χ0n) is 8.63. The van der Waals surface area contributed by atoms with Crippen molar-refractivity contribution in [2.24, 2.45) is 23.2 Å². The van der Waals surface area contributed by atoms with Gasteiger partial charge in [0.15, 0.2) is 0 Å². The van der Waals surface area contributed by atoms with Crippen LogP contribution in [0.4, 0.5) is 21.0 Å². The van der Waals surface area contributed by atoms with E-state index in [0.717, 1.165) is 0 Å². The fourth-order valence-corrected chi connectivity index (χ4v) is 1.52. The zero-order chi connectivity index (χ0) is 13.2. The van der Waals surface area contributed by atoms with Gasteiger partial charge in [-0.3, -0.25) is 0 Å². The molecule has 0 unspecified atom stereocenters. The molecule has 8 nitrogen and oxygen atoms in total. The van der Waals surface area contributed by atoms with Crippen molar-refractivity contribution in [2.75, 3.05) is 10.0 Å². The summed E-state index contributed by atoms with van der Waals surface area (Å²) in [5.41, 5.74) is 10.6. The van der Waals surface area contributed by atoms with Crippen LogP contribution < -0.4 is 33.2 Å². The standard InChI is InChI=1S/C8H11BrN6O2/c9-5-2-1-4(14(12)7(10)16)3-6(5)15(13)8(11)17/h1-3H,12-13H2,(H2,10,16)(H2,11,17). The van der Waals surface area contributed by atoms with Crippen molar-refractivity contribution in [3.05, 3.63) is 22.7 Å². The second kappa shape index (κ2) is 4.99. The maximum Gasteiger partial charge on any atom is 0.333 e. The van der Waals surface area contributed by atoms with Gasteiger partial charge in [0.1, 0.15) is 0 Å². The Balaban J connectivity index is 3.19. The molecule has 0 atom stereocenters. The Morgan fingerprint density at radius 2 is 1.59 bits per heavy atom. The molecule has 0 aliphatic heterocycles. The van der Waals surface area contributed by atoms with Gasteiger partial charge in [0, 0.05) is 4.47 Å². The zero-order valence-corrected chi connectivity index (χ0v) is 10.2. The summed E-state index contributed by atoms with van der Waals surface area (Å²) in [4.78, 5) is 21.8. The Labute approximate surface area is 105 Å². The molecule has 17 heavy (non-hydrogen) atoms. The first-order chi connectivity index (χ1) is 7.84. The fourth-order valence-electron chi connectivity index (χ4n) is 1.08. The molecule has 0 aliphatic carbocycles. The molecule has 0 bridgehead atoms. The molecule has 0 aliphatic rings. The molecule has 0 radical (unpaired) electrons. The van der Waals surface area contributed by atoms with Crippen molar-refractivity contribution in [1.29, 1.82) is 0 Å². The van der Waals surface area contributed by atoms with Gasteiger partial charge in [-0.2, -0.15) is 0 Å². The first-order valence-corrected chi connectivity index (χ1v) is 5.12. The van der Waals surface area contributed by atoms with Gasteiger partial charge in [-0.25, -0.2) is 31.3 Å². The molecule has 0 heterocycles. The van der Waals surface area contributed by atoms with Crippen LogP contribution in [0.5, 0.6) is 0 Å². The highest BCUT2D eigenvalue weighted by molar-refractivity contribution is 9.10. The lowest BCUT2D eigenvalue weighted by atomic mass is 10.2. The lowest BCUT2D eigenvalue weighted by Crippen LogP contribution is -2.43. The normalized spacial score (nSPS) is 9.82. The van der Waals surface area contributed by atoms with Gasteiger partial charge in [-0.1, -0.05) is 0 Å². The first kappa shape index (κ1) is 13.2. The van der Waals surface area contributed by atoms with Gasteiger partial charge in [0.2, 0.25) is 0 Å². The van der Waals surface area contributed by atoms with Crippen molar-refractivity contribution in [1.82, 2.24) is 0 Å². The van der Waals surface area contributed by atoms with Gasteiger partial charge in [0.05, 0.1) is 11.4 Å². The van der Waals surface area contributed by atoms with Crippen LogP contribution in [0.15, 0.2) is 22.7 Å². The summed E-state index contributed by atoms with van der Waals surface area (Å²) in [6.07, 6.45) is 0. The number of benzene rings is 1. The van der Waals surface area contributed by atoms with Gasteiger partial charge in [-0.15, -0.1) is 0 Å². The predicted octanol–water partition coefficient (Wildman–Crippen LogP) is -0.0333. The summed E-state index contributed by atoms with van der Waals surface area (Å²) in [5.74, 6) is 10.8. The minimum atomic E-state index is -0.856. The molecular formula is C8H11BrN6O2. The maximum absolute atomic E-state index is 10.9. The topological polar surface area (TPSA) is 145 Å². The van der Waals surface area contributed by atoms with E-state index in [-0.39, 0.29) is 11.4 Å². The average molecular weight is 303 g/mol. The third-order valence-corrected chi connectivity index (χ3v) is 2.61. The van der Waals surface area contributed by atoms with Crippen molar-refractivity contribution in [3.8, 4) is 0 Å². The molecular weight excluding hydrogens is 292 g/mol. The number of halogens is 1. The second-order valence-corrected chi connectivity index (χ2v) is 3.91. The quantitative estimate of drug-likeness (QED) is 0.345. The summed E-state index contributed by atoms with van der Waals surface area (Å²) in [6, 6.07) is 2.76. The highest BCUT2D eigenvalue weighted by Crippen LogP contribution is 2.28. The lowest BCUT2D eigenvalue weighted by Gasteiger charge is -2.19. The van der Waals surface area contributed by atoms with Crippen LogP contribution in [0.2, 0.25) is 0 Å². The molecule has 8 N–H and O–H groups in total. The van der Waals surface area contributed by atoms with Gasteiger partial charge in [-0.05, 0) is 34.1 Å². The number of anilines is 2. The Morgan fingerprint density at radius 3 is 2.06 bits per heavy atom. The number of carbonyl (C=O) groups excluding carboxylic acids is 2. The van der Waals surface area contributed by atoms with E-state index in [1.807, 2.05) is 0 Å². The molecule has 1 aromatic rings. The number of nitrogens with zero attached hydrogens (tertiary/aromatic N) is 2. The number of carbonyl (C=O) groups is 2. The molecule has 9 heteroatoms. The number of hydrazine groups is 2. The smallest absolute Gasteiger partial charge is 0.333 e. The number of urea groups is 2. The van der Waals surface area contributed by atoms with Crippen LogP contribution in [-0.2, 0) is 0 Å². The Bertz CT molecular complexity index is 465. The Kier molecular flexibility index (Phi) is 3.89. The number of rotatable bonds is 2. The van der Waals surface area contributed by atoms with Crippen molar-refractivity contribution < 1.29 is 9.59 Å². The summed E-state index contributed by atoms with van der Waals surface area (Å²) in [7, 11) is 0. The van der Waals surface area contributed by atoms with Gasteiger partial charge < -0.3 is 11.5 Å². The van der Waals surface area contributed by atoms with Crippen molar-refractivity contribution in [2.45, 2.75) is 0 Å². The van der Waals surface area contributed by atoms with Crippen LogP contribution in [0, 0.1) is 0 Å². The van der Waals surface area contributed by atoms with E-state index in [4.69, 9.17) is 23.2 Å². The van der Waals surface area contributed by atoms with Crippen molar-refractivity contribution in [3.63, 3.8) is 0 Å². The van der Waals surface area contributed by atoms with E-state index in [1.165, 1.54) is 12.1 Å². The van der Waals surface area contributed by atoms with E-state index in [9.17, 15) is 9.59 Å². The van der Waals surface area contributed by atoms with Gasteiger partial charge >= 0.3 is 12.1 Å². The number of primary amides is 2. The van der Waals surface area contributed by atoms with E-state index >= 15 is 0 Å². The largest absolute Gasteiger partial charge is 0.350 e. The third kappa shape index (κ3) is 2.84. The highest BCUT2D eigenvalue weighted by atomic mass is 79.9. The molecule has 1 rings (SSSR count).